The fourth-order valence-corrected chi connectivity index (χ4v) is 1.65. The van der Waals surface area contributed by atoms with E-state index in [-0.39, 0.29) is 17.7 Å². The zero-order chi connectivity index (χ0) is 12.3. The van der Waals surface area contributed by atoms with Crippen molar-refractivity contribution < 1.29 is 9.90 Å². The van der Waals surface area contributed by atoms with Crippen molar-refractivity contribution in [1.29, 1.82) is 5.26 Å². The number of phenolic OH excluding ortho intramolecular Hbond substituents is 1. The molecule has 88 valence electrons. The summed E-state index contributed by atoms with van der Waals surface area (Å²) in [5.41, 5.74) is 0.794. The van der Waals surface area contributed by atoms with Crippen LogP contribution in [0.25, 0.3) is 0 Å². The lowest BCUT2D eigenvalue weighted by molar-refractivity contribution is -0.123. The molecule has 0 bridgehead atoms. The lowest BCUT2D eigenvalue weighted by Crippen LogP contribution is -2.32. The van der Waals surface area contributed by atoms with Gasteiger partial charge in [0.25, 0.3) is 0 Å². The van der Waals surface area contributed by atoms with E-state index in [1.54, 1.807) is 24.3 Å². The van der Waals surface area contributed by atoms with Gasteiger partial charge in [0.15, 0.2) is 0 Å². The number of nitriles is 1. The molecule has 17 heavy (non-hydrogen) atoms. The van der Waals surface area contributed by atoms with E-state index in [1.807, 2.05) is 6.07 Å². The van der Waals surface area contributed by atoms with Gasteiger partial charge in [-0.25, -0.2) is 0 Å². The summed E-state index contributed by atoms with van der Waals surface area (Å²) in [5.74, 6) is -0.738. The number of amides is 1. The molecule has 1 fully saturated rings. The highest BCUT2D eigenvalue weighted by atomic mass is 16.3. The van der Waals surface area contributed by atoms with Gasteiger partial charge < -0.3 is 10.4 Å². The van der Waals surface area contributed by atoms with Gasteiger partial charge in [-0.15, -0.1) is 0 Å². The van der Waals surface area contributed by atoms with Crippen LogP contribution in [-0.2, 0) is 11.2 Å². The van der Waals surface area contributed by atoms with Crippen LogP contribution < -0.4 is 5.32 Å². The minimum absolute atomic E-state index is 0.154. The summed E-state index contributed by atoms with van der Waals surface area (Å²) in [6.45, 7) is 0. The molecule has 0 saturated heterocycles. The Kier molecular flexibility index (Phi) is 3.29. The van der Waals surface area contributed by atoms with Crippen molar-refractivity contribution in [2.75, 3.05) is 0 Å². The minimum Gasteiger partial charge on any atom is -0.508 e. The average molecular weight is 230 g/mol. The molecule has 1 saturated carbocycles. The molecule has 0 heterocycles. The predicted octanol–water partition coefficient (Wildman–Crippen LogP) is 1.35. The fourth-order valence-electron chi connectivity index (χ4n) is 1.65. The number of carbonyl (C=O) groups excluding carboxylic acids is 1. The number of phenols is 1. The molecule has 1 amide bonds. The van der Waals surface area contributed by atoms with E-state index in [2.05, 4.69) is 5.32 Å². The zero-order valence-electron chi connectivity index (χ0n) is 9.39. The van der Waals surface area contributed by atoms with E-state index in [0.29, 0.717) is 6.42 Å². The third-order valence-corrected chi connectivity index (χ3v) is 2.75. The first-order valence-electron chi connectivity index (χ1n) is 5.67. The molecule has 0 radical (unpaired) electrons. The second-order valence-corrected chi connectivity index (χ2v) is 4.34. The number of hydrogen-bond acceptors (Lipinski definition) is 3. The van der Waals surface area contributed by atoms with Gasteiger partial charge in [-0.2, -0.15) is 5.26 Å². The van der Waals surface area contributed by atoms with Gasteiger partial charge in [0.2, 0.25) is 5.91 Å². The van der Waals surface area contributed by atoms with Crippen LogP contribution in [0.5, 0.6) is 5.75 Å². The van der Waals surface area contributed by atoms with Crippen molar-refractivity contribution in [3.8, 4) is 11.8 Å². The SMILES string of the molecule is N#CC(Cc1cccc(O)c1)C(=O)NC1CC1. The second-order valence-electron chi connectivity index (χ2n) is 4.34. The topological polar surface area (TPSA) is 73.1 Å². The molecule has 0 spiro atoms. The van der Waals surface area contributed by atoms with Crippen LogP contribution in [0.15, 0.2) is 24.3 Å². The summed E-state index contributed by atoms with van der Waals surface area (Å²) >= 11 is 0. The maximum atomic E-state index is 11.7. The molecule has 1 aromatic carbocycles. The summed E-state index contributed by atoms with van der Waals surface area (Å²) in [7, 11) is 0. The Morgan fingerprint density at radius 2 is 2.35 bits per heavy atom. The van der Waals surface area contributed by atoms with Gasteiger partial charge >= 0.3 is 0 Å². The van der Waals surface area contributed by atoms with Gasteiger partial charge in [0.05, 0.1) is 6.07 Å². The zero-order valence-corrected chi connectivity index (χ0v) is 9.39. The van der Waals surface area contributed by atoms with E-state index in [1.165, 1.54) is 0 Å². The highest BCUT2D eigenvalue weighted by Crippen LogP contribution is 2.20. The second kappa shape index (κ2) is 4.88. The molecule has 2 rings (SSSR count). The summed E-state index contributed by atoms with van der Waals surface area (Å²) in [6, 6.07) is 8.92. The average Bonchev–Trinajstić information content (AvgIpc) is 3.09. The molecular weight excluding hydrogens is 216 g/mol. The first-order valence-corrected chi connectivity index (χ1v) is 5.67. The standard InChI is InChI=1S/C13H14N2O2/c14-8-10(13(17)15-11-4-5-11)6-9-2-1-3-12(16)7-9/h1-3,7,10-11,16H,4-6H2,(H,15,17). The summed E-state index contributed by atoms with van der Waals surface area (Å²) in [6.07, 6.45) is 2.36. The van der Waals surface area contributed by atoms with Crippen LogP contribution in [0.4, 0.5) is 0 Å². The van der Waals surface area contributed by atoms with Crippen LogP contribution >= 0.6 is 0 Å². The maximum Gasteiger partial charge on any atom is 0.237 e. The van der Waals surface area contributed by atoms with Crippen LogP contribution in [0.1, 0.15) is 18.4 Å². The van der Waals surface area contributed by atoms with Crippen LogP contribution in [0, 0.1) is 17.2 Å². The number of rotatable bonds is 4. The Balaban J connectivity index is 1.99. The van der Waals surface area contributed by atoms with E-state index in [9.17, 15) is 9.90 Å². The third kappa shape index (κ3) is 3.22. The van der Waals surface area contributed by atoms with E-state index in [0.717, 1.165) is 18.4 Å². The monoisotopic (exact) mass is 230 g/mol. The third-order valence-electron chi connectivity index (χ3n) is 2.75. The van der Waals surface area contributed by atoms with E-state index >= 15 is 0 Å². The normalized spacial score (nSPS) is 15.9. The van der Waals surface area contributed by atoms with Crippen molar-refractivity contribution in [1.82, 2.24) is 5.32 Å². The Morgan fingerprint density at radius 3 is 2.94 bits per heavy atom. The van der Waals surface area contributed by atoms with Crippen LogP contribution in [0.2, 0.25) is 0 Å². The molecular formula is C13H14N2O2. The Hall–Kier alpha value is -2.02. The minimum atomic E-state index is -0.683. The molecule has 1 aliphatic rings. The van der Waals surface area contributed by atoms with E-state index < -0.39 is 5.92 Å². The van der Waals surface area contributed by atoms with Crippen molar-refractivity contribution >= 4 is 5.91 Å². The summed E-state index contributed by atoms with van der Waals surface area (Å²) in [4.78, 5) is 11.7. The van der Waals surface area contributed by atoms with E-state index in [4.69, 9.17) is 5.26 Å². The smallest absolute Gasteiger partial charge is 0.237 e. The molecule has 0 aromatic heterocycles. The largest absolute Gasteiger partial charge is 0.508 e. The molecule has 2 N–H and O–H groups in total. The van der Waals surface area contributed by atoms with Crippen LogP contribution in [-0.4, -0.2) is 17.1 Å². The van der Waals surface area contributed by atoms with Crippen molar-refractivity contribution in [3.05, 3.63) is 29.8 Å². The number of benzene rings is 1. The Labute approximate surface area is 99.9 Å². The molecule has 4 heteroatoms. The number of hydrogen-bond donors (Lipinski definition) is 2. The number of nitrogens with one attached hydrogen (secondary N) is 1. The van der Waals surface area contributed by atoms with Crippen molar-refractivity contribution in [3.63, 3.8) is 0 Å². The summed E-state index contributed by atoms with van der Waals surface area (Å²) < 4.78 is 0. The first kappa shape index (κ1) is 11.5. The fraction of sp³-hybridized carbons (Fsp3) is 0.385. The quantitative estimate of drug-likeness (QED) is 0.820. The van der Waals surface area contributed by atoms with Crippen LogP contribution in [0.3, 0.4) is 0 Å². The molecule has 1 aliphatic carbocycles. The van der Waals surface area contributed by atoms with Gasteiger partial charge in [0.1, 0.15) is 11.7 Å². The van der Waals surface area contributed by atoms with Gasteiger partial charge in [-0.05, 0) is 37.0 Å². The van der Waals surface area contributed by atoms with Gasteiger partial charge in [-0.1, -0.05) is 12.1 Å². The molecule has 0 aliphatic heterocycles. The Bertz CT molecular complexity index is 461. The highest BCUT2D eigenvalue weighted by Gasteiger charge is 2.27. The number of carbonyl (C=O) groups is 1. The highest BCUT2D eigenvalue weighted by molar-refractivity contribution is 5.81. The van der Waals surface area contributed by atoms with Gasteiger partial charge in [-0.3, -0.25) is 4.79 Å². The lowest BCUT2D eigenvalue weighted by atomic mass is 9.99. The lowest BCUT2D eigenvalue weighted by Gasteiger charge is -2.09. The number of aromatic hydroxyl groups is 1. The summed E-state index contributed by atoms with van der Waals surface area (Å²) in [5, 5.41) is 21.1. The predicted molar refractivity (Wildman–Crippen MR) is 62.1 cm³/mol. The molecule has 1 aromatic rings. The first-order chi connectivity index (χ1) is 8.19. The molecule has 1 unspecified atom stereocenters. The Morgan fingerprint density at radius 1 is 1.59 bits per heavy atom. The van der Waals surface area contributed by atoms with Crippen molar-refractivity contribution in [2.45, 2.75) is 25.3 Å². The van der Waals surface area contributed by atoms with Crippen molar-refractivity contribution in [2.24, 2.45) is 5.92 Å². The van der Waals surface area contributed by atoms with Gasteiger partial charge in [0, 0.05) is 6.04 Å². The molecule has 1 atom stereocenters. The molecule has 4 nitrogen and oxygen atoms in total. The maximum absolute atomic E-state index is 11.7. The number of nitrogens with zero attached hydrogens (tertiary/aromatic N) is 1.